The van der Waals surface area contributed by atoms with Crippen molar-refractivity contribution in [3.8, 4) is 5.75 Å². The number of aliphatic hydroxyl groups excluding tert-OH is 1. The molecule has 32 heavy (non-hydrogen) atoms. The molecule has 2 aliphatic rings. The Hall–Kier alpha value is -2.58. The molecule has 2 fully saturated rings. The average molecular weight is 443 g/mol. The molecule has 0 radical (unpaired) electrons. The molecule has 4 rings (SSSR count). The highest BCUT2D eigenvalue weighted by molar-refractivity contribution is 5.83. The van der Waals surface area contributed by atoms with E-state index in [1.165, 1.54) is 5.69 Å². The second kappa shape index (κ2) is 9.50. The second-order valence-corrected chi connectivity index (χ2v) is 9.06. The summed E-state index contributed by atoms with van der Waals surface area (Å²) >= 11 is 0. The van der Waals surface area contributed by atoms with Crippen LogP contribution in [0.5, 0.6) is 5.75 Å². The molecule has 2 N–H and O–H groups in total. The number of piperazine rings is 1. The molecule has 1 aliphatic heterocycles. The minimum Gasteiger partial charge on any atom is -0.484 e. The Morgan fingerprint density at radius 2 is 1.91 bits per heavy atom. The third-order valence-electron chi connectivity index (χ3n) is 7.02. The first-order chi connectivity index (χ1) is 15.3. The van der Waals surface area contributed by atoms with Crippen molar-refractivity contribution in [3.63, 3.8) is 0 Å². The van der Waals surface area contributed by atoms with Crippen molar-refractivity contribution in [2.45, 2.75) is 51.3 Å². The van der Waals surface area contributed by atoms with Crippen molar-refractivity contribution in [3.05, 3.63) is 30.0 Å². The number of hydrogen-bond donors (Lipinski definition) is 2. The van der Waals surface area contributed by atoms with Crippen molar-refractivity contribution >= 4 is 22.7 Å². The molecule has 1 saturated carbocycles. The summed E-state index contributed by atoms with van der Waals surface area (Å²) in [5.41, 5.74) is 2.29. The first-order valence-electron chi connectivity index (χ1n) is 11.5. The minimum absolute atomic E-state index is 0.00723. The Bertz CT molecular complexity index is 980. The predicted octanol–water partition coefficient (Wildman–Crippen LogP) is 1.43. The molecule has 174 valence electrons. The Balaban J connectivity index is 1.29. The zero-order valence-electron chi connectivity index (χ0n) is 19.2. The second-order valence-electron chi connectivity index (χ2n) is 9.06. The first kappa shape index (κ1) is 22.6. The highest BCUT2D eigenvalue weighted by Crippen LogP contribution is 2.26. The van der Waals surface area contributed by atoms with Crippen molar-refractivity contribution in [2.24, 2.45) is 7.05 Å². The minimum atomic E-state index is -0.625. The summed E-state index contributed by atoms with van der Waals surface area (Å²) < 4.78 is 7.85. The molecule has 2 heterocycles. The summed E-state index contributed by atoms with van der Waals surface area (Å²) in [6, 6.07) is 7.64. The van der Waals surface area contributed by atoms with Gasteiger partial charge in [0.2, 0.25) is 5.91 Å². The van der Waals surface area contributed by atoms with E-state index in [0.717, 1.165) is 43.3 Å². The van der Waals surface area contributed by atoms with E-state index in [9.17, 15) is 14.7 Å². The Morgan fingerprint density at radius 3 is 2.62 bits per heavy atom. The third kappa shape index (κ3) is 4.76. The van der Waals surface area contributed by atoms with Gasteiger partial charge in [0.25, 0.3) is 5.91 Å². The summed E-state index contributed by atoms with van der Waals surface area (Å²) in [5.74, 6) is 0.532. The zero-order chi connectivity index (χ0) is 22.8. The molecular formula is C24H34N4O4. The zero-order valence-corrected chi connectivity index (χ0v) is 19.2. The van der Waals surface area contributed by atoms with Crippen molar-refractivity contribution in [2.75, 3.05) is 32.8 Å². The topological polar surface area (TPSA) is 87.0 Å². The smallest absolute Gasteiger partial charge is 0.258 e. The van der Waals surface area contributed by atoms with E-state index in [0.29, 0.717) is 18.8 Å². The Morgan fingerprint density at radius 1 is 1.16 bits per heavy atom. The van der Waals surface area contributed by atoms with Crippen molar-refractivity contribution < 1.29 is 19.4 Å². The predicted molar refractivity (Wildman–Crippen MR) is 123 cm³/mol. The van der Waals surface area contributed by atoms with Crippen LogP contribution in [0.1, 0.15) is 31.9 Å². The maximum absolute atomic E-state index is 12.5. The molecule has 1 aliphatic carbocycles. The van der Waals surface area contributed by atoms with Gasteiger partial charge in [-0.1, -0.05) is 0 Å². The number of carbonyl (C=O) groups excluding carboxylic acids is 2. The number of aliphatic hydroxyl groups is 1. The number of aromatic nitrogens is 1. The van der Waals surface area contributed by atoms with Gasteiger partial charge in [0, 0.05) is 62.8 Å². The molecule has 8 heteroatoms. The number of hydrogen-bond acceptors (Lipinski definition) is 5. The Labute approximate surface area is 189 Å². The first-order valence-corrected chi connectivity index (χ1v) is 11.5. The number of amides is 2. The van der Waals surface area contributed by atoms with Crippen LogP contribution < -0.4 is 10.1 Å². The molecule has 1 aromatic heterocycles. The van der Waals surface area contributed by atoms with Crippen LogP contribution in [0, 0.1) is 6.92 Å². The quantitative estimate of drug-likeness (QED) is 0.732. The van der Waals surface area contributed by atoms with Gasteiger partial charge in [-0.2, -0.15) is 0 Å². The van der Waals surface area contributed by atoms with Gasteiger partial charge in [0.05, 0.1) is 12.1 Å². The molecular weight excluding hydrogens is 408 g/mol. The van der Waals surface area contributed by atoms with Crippen LogP contribution in [0.2, 0.25) is 0 Å². The molecule has 3 atom stereocenters. The fourth-order valence-corrected chi connectivity index (χ4v) is 5.03. The van der Waals surface area contributed by atoms with Crippen molar-refractivity contribution in [1.29, 1.82) is 0 Å². The molecule has 2 amide bonds. The SMILES string of the molecule is CC(=O)N1CCN([C@@H]2CCC[C@@H](NC(=O)COc3ccc4c(c3)cc(C)n4C)[C@H]2O)CC1. The Kier molecular flexibility index (Phi) is 6.71. The number of carbonyl (C=O) groups is 2. The van der Waals surface area contributed by atoms with Crippen LogP contribution >= 0.6 is 0 Å². The highest BCUT2D eigenvalue weighted by atomic mass is 16.5. The van der Waals surface area contributed by atoms with Gasteiger partial charge in [-0.3, -0.25) is 14.5 Å². The van der Waals surface area contributed by atoms with Crippen LogP contribution in [0.25, 0.3) is 10.9 Å². The molecule has 1 aromatic carbocycles. The number of rotatable bonds is 5. The van der Waals surface area contributed by atoms with Crippen LogP contribution in [0.15, 0.2) is 24.3 Å². The molecule has 0 spiro atoms. The van der Waals surface area contributed by atoms with E-state index >= 15 is 0 Å². The number of fused-ring (bicyclic) bond motifs is 1. The normalized spacial score (nSPS) is 24.5. The molecule has 0 bridgehead atoms. The number of nitrogens with zero attached hydrogens (tertiary/aromatic N) is 3. The standard InChI is InChI=1S/C24H34N4O4/c1-16-13-18-14-19(7-8-21(18)26(16)3)32-15-23(30)25-20-5-4-6-22(24(20)31)28-11-9-27(10-12-28)17(2)29/h7-8,13-14,20,22,24,31H,4-6,9-12,15H2,1-3H3,(H,25,30)/t20-,22-,24-/m1/s1. The fraction of sp³-hybridized carbons (Fsp3) is 0.583. The maximum atomic E-state index is 12.5. The van der Waals surface area contributed by atoms with E-state index in [2.05, 4.69) is 27.8 Å². The van der Waals surface area contributed by atoms with Crippen molar-refractivity contribution in [1.82, 2.24) is 19.7 Å². The van der Waals surface area contributed by atoms with Gasteiger partial charge in [0.1, 0.15) is 5.75 Å². The molecule has 0 unspecified atom stereocenters. The molecule has 8 nitrogen and oxygen atoms in total. The summed E-state index contributed by atoms with van der Waals surface area (Å²) in [6.45, 7) is 6.46. The summed E-state index contributed by atoms with van der Waals surface area (Å²) in [7, 11) is 2.03. The summed E-state index contributed by atoms with van der Waals surface area (Å²) in [4.78, 5) is 28.2. The van der Waals surface area contributed by atoms with Gasteiger partial charge < -0.3 is 24.6 Å². The third-order valence-corrected chi connectivity index (χ3v) is 7.02. The molecule has 2 aromatic rings. The van der Waals surface area contributed by atoms with Gasteiger partial charge in [-0.25, -0.2) is 0 Å². The van der Waals surface area contributed by atoms with E-state index in [1.54, 1.807) is 6.92 Å². The van der Waals surface area contributed by atoms with Crippen LogP contribution in [-0.2, 0) is 16.6 Å². The number of aryl methyl sites for hydroxylation is 2. The number of nitrogens with one attached hydrogen (secondary N) is 1. The molecule has 1 saturated heterocycles. The largest absolute Gasteiger partial charge is 0.484 e. The number of ether oxygens (including phenoxy) is 1. The lowest BCUT2D eigenvalue weighted by Gasteiger charge is -2.45. The average Bonchev–Trinajstić information content (AvgIpc) is 3.07. The highest BCUT2D eigenvalue weighted by Gasteiger charge is 2.37. The fourth-order valence-electron chi connectivity index (χ4n) is 5.03. The van der Waals surface area contributed by atoms with Gasteiger partial charge >= 0.3 is 0 Å². The van der Waals surface area contributed by atoms with Gasteiger partial charge in [0.15, 0.2) is 6.61 Å². The lowest BCUT2D eigenvalue weighted by atomic mass is 9.86. The van der Waals surface area contributed by atoms with Crippen LogP contribution in [-0.4, -0.2) is 82.3 Å². The summed E-state index contributed by atoms with van der Waals surface area (Å²) in [5, 5.41) is 15.0. The number of benzene rings is 1. The van der Waals surface area contributed by atoms with Gasteiger partial charge in [-0.05, 0) is 50.5 Å². The van der Waals surface area contributed by atoms with E-state index < -0.39 is 6.10 Å². The van der Waals surface area contributed by atoms with E-state index in [-0.39, 0.29) is 30.5 Å². The van der Waals surface area contributed by atoms with E-state index in [1.807, 2.05) is 30.1 Å². The summed E-state index contributed by atoms with van der Waals surface area (Å²) in [6.07, 6.45) is 1.98. The monoisotopic (exact) mass is 442 g/mol. The lowest BCUT2D eigenvalue weighted by Crippen LogP contribution is -2.60. The van der Waals surface area contributed by atoms with E-state index in [4.69, 9.17) is 4.74 Å². The van der Waals surface area contributed by atoms with Gasteiger partial charge in [-0.15, -0.1) is 0 Å². The van der Waals surface area contributed by atoms with Crippen LogP contribution in [0.4, 0.5) is 0 Å². The van der Waals surface area contributed by atoms with Crippen LogP contribution in [0.3, 0.4) is 0 Å². The lowest BCUT2D eigenvalue weighted by molar-refractivity contribution is -0.132. The maximum Gasteiger partial charge on any atom is 0.258 e.